The number of hydrogen-bond acceptors (Lipinski definition) is 6. The largest absolute Gasteiger partial charge is 0.316 e. The third kappa shape index (κ3) is 3.06. The summed E-state index contributed by atoms with van der Waals surface area (Å²) < 4.78 is 0. The first kappa shape index (κ1) is 19.4. The number of carbonyl (C=O) groups is 4. The Balaban J connectivity index is 1.22. The minimum absolute atomic E-state index is 0.122. The Morgan fingerprint density at radius 1 is 1.10 bits per heavy atom. The van der Waals surface area contributed by atoms with Crippen LogP contribution in [0.25, 0.3) is 0 Å². The molecule has 3 heterocycles. The minimum atomic E-state index is -0.925. The highest BCUT2D eigenvalue weighted by Crippen LogP contribution is 2.51. The van der Waals surface area contributed by atoms with Crippen LogP contribution in [0.3, 0.4) is 0 Å². The molecule has 158 valence electrons. The van der Waals surface area contributed by atoms with Crippen LogP contribution in [0.4, 0.5) is 0 Å². The molecule has 4 amide bonds. The lowest BCUT2D eigenvalue weighted by atomic mass is 9.60. The van der Waals surface area contributed by atoms with E-state index in [4.69, 9.17) is 0 Å². The number of amides is 4. The summed E-state index contributed by atoms with van der Waals surface area (Å²) in [6, 6.07) is 4.34. The Bertz CT molecular complexity index is 945. The molecular formula is C22H26N4O4. The number of carbonyl (C=O) groups excluding carboxylic acids is 4. The fourth-order valence-electron chi connectivity index (χ4n) is 5.42. The lowest BCUT2D eigenvalue weighted by molar-refractivity contribution is -0.136. The standard InChI is InChI=1S/C22H26N4O4/c27-18-4-3-17(19(28)25-18)26-20(29)15-2-1-13(9-16(15)21(26)30)10-23-8-7-22-6-5-14(22)11-24-12-22/h1-2,9,14,17,23-24H,3-8,10-12H2,(H,25,27,28). The van der Waals surface area contributed by atoms with Gasteiger partial charge in [0, 0.05) is 19.5 Å². The fourth-order valence-corrected chi connectivity index (χ4v) is 5.42. The van der Waals surface area contributed by atoms with Crippen molar-refractivity contribution in [2.75, 3.05) is 19.6 Å². The number of imide groups is 2. The average Bonchev–Trinajstić information content (AvgIpc) is 3.13. The van der Waals surface area contributed by atoms with Gasteiger partial charge in [0.05, 0.1) is 11.1 Å². The Morgan fingerprint density at radius 3 is 2.67 bits per heavy atom. The normalized spacial score (nSPS) is 30.2. The zero-order valence-corrected chi connectivity index (χ0v) is 16.8. The molecule has 3 unspecified atom stereocenters. The van der Waals surface area contributed by atoms with Crippen LogP contribution in [0, 0.1) is 11.3 Å². The van der Waals surface area contributed by atoms with E-state index in [0.29, 0.717) is 23.1 Å². The lowest BCUT2D eigenvalue weighted by Crippen LogP contribution is -2.54. The van der Waals surface area contributed by atoms with Gasteiger partial charge in [0.1, 0.15) is 6.04 Å². The van der Waals surface area contributed by atoms with Crippen molar-refractivity contribution < 1.29 is 19.2 Å². The second-order valence-corrected chi connectivity index (χ2v) is 8.98. The Labute approximate surface area is 174 Å². The molecule has 3 fully saturated rings. The van der Waals surface area contributed by atoms with Crippen LogP contribution in [-0.2, 0) is 16.1 Å². The van der Waals surface area contributed by atoms with Crippen LogP contribution in [0.1, 0.15) is 58.4 Å². The molecule has 3 aliphatic heterocycles. The van der Waals surface area contributed by atoms with Crippen LogP contribution < -0.4 is 16.0 Å². The van der Waals surface area contributed by atoms with Gasteiger partial charge in [-0.2, -0.15) is 0 Å². The Kier molecular flexibility index (Phi) is 4.71. The van der Waals surface area contributed by atoms with Gasteiger partial charge in [-0.1, -0.05) is 6.07 Å². The molecule has 30 heavy (non-hydrogen) atoms. The summed E-state index contributed by atoms with van der Waals surface area (Å²) in [6.07, 6.45) is 4.07. The molecule has 1 saturated carbocycles. The Morgan fingerprint density at radius 2 is 1.93 bits per heavy atom. The monoisotopic (exact) mass is 410 g/mol. The van der Waals surface area contributed by atoms with E-state index < -0.39 is 23.8 Å². The maximum Gasteiger partial charge on any atom is 0.262 e. The van der Waals surface area contributed by atoms with Crippen molar-refractivity contribution in [3.63, 3.8) is 0 Å². The third-order valence-electron chi connectivity index (χ3n) is 7.36. The maximum atomic E-state index is 12.9. The van der Waals surface area contributed by atoms with Crippen LogP contribution in [0.2, 0.25) is 0 Å². The number of fused-ring (bicyclic) bond motifs is 2. The topological polar surface area (TPSA) is 108 Å². The predicted molar refractivity (Wildman–Crippen MR) is 107 cm³/mol. The van der Waals surface area contributed by atoms with E-state index in [0.717, 1.165) is 42.4 Å². The van der Waals surface area contributed by atoms with Gasteiger partial charge < -0.3 is 10.6 Å². The third-order valence-corrected chi connectivity index (χ3v) is 7.36. The quantitative estimate of drug-likeness (QED) is 0.467. The van der Waals surface area contributed by atoms with Gasteiger partial charge in [-0.3, -0.25) is 29.4 Å². The van der Waals surface area contributed by atoms with E-state index in [2.05, 4.69) is 16.0 Å². The number of benzene rings is 1. The first-order valence-corrected chi connectivity index (χ1v) is 10.7. The van der Waals surface area contributed by atoms with Crippen molar-refractivity contribution in [3.05, 3.63) is 34.9 Å². The summed E-state index contributed by atoms with van der Waals surface area (Å²) in [4.78, 5) is 50.2. The summed E-state index contributed by atoms with van der Waals surface area (Å²) in [7, 11) is 0. The number of rotatable bonds is 6. The number of piperidine rings is 1. The zero-order valence-electron chi connectivity index (χ0n) is 16.8. The van der Waals surface area contributed by atoms with Gasteiger partial charge in [0.2, 0.25) is 11.8 Å². The molecule has 4 aliphatic rings. The van der Waals surface area contributed by atoms with Gasteiger partial charge in [0.25, 0.3) is 11.8 Å². The molecule has 1 aromatic carbocycles. The molecule has 0 spiro atoms. The fraction of sp³-hybridized carbons (Fsp3) is 0.545. The first-order valence-electron chi connectivity index (χ1n) is 10.7. The van der Waals surface area contributed by atoms with Gasteiger partial charge in [-0.05, 0) is 67.8 Å². The van der Waals surface area contributed by atoms with Crippen LogP contribution in [0.5, 0.6) is 0 Å². The molecule has 5 rings (SSSR count). The molecule has 8 nitrogen and oxygen atoms in total. The summed E-state index contributed by atoms with van der Waals surface area (Å²) in [6.45, 7) is 3.81. The maximum absolute atomic E-state index is 12.9. The summed E-state index contributed by atoms with van der Waals surface area (Å²) >= 11 is 0. The van der Waals surface area contributed by atoms with Crippen LogP contribution >= 0.6 is 0 Å². The van der Waals surface area contributed by atoms with Gasteiger partial charge >= 0.3 is 0 Å². The SMILES string of the molecule is O=C1CCC(N2C(=O)c3ccc(CNCCC45CCC4CNC5)cc3C2=O)C(=O)N1. The van der Waals surface area contributed by atoms with Crippen molar-refractivity contribution in [1.29, 1.82) is 0 Å². The van der Waals surface area contributed by atoms with Gasteiger partial charge in [-0.25, -0.2) is 0 Å². The molecular weight excluding hydrogens is 384 g/mol. The smallest absolute Gasteiger partial charge is 0.262 e. The second-order valence-electron chi connectivity index (χ2n) is 8.98. The number of nitrogens with one attached hydrogen (secondary N) is 3. The lowest BCUT2D eigenvalue weighted by Gasteiger charge is -2.44. The highest BCUT2D eigenvalue weighted by Gasteiger charge is 2.49. The molecule has 8 heteroatoms. The van der Waals surface area contributed by atoms with Crippen molar-refractivity contribution in [3.8, 4) is 0 Å². The molecule has 3 N–H and O–H groups in total. The summed E-state index contributed by atoms with van der Waals surface area (Å²) in [5.74, 6) is -1.06. The van der Waals surface area contributed by atoms with Crippen LogP contribution in [-0.4, -0.2) is 54.2 Å². The van der Waals surface area contributed by atoms with Crippen molar-refractivity contribution in [2.45, 2.75) is 44.7 Å². The van der Waals surface area contributed by atoms with Gasteiger partial charge in [0.15, 0.2) is 0 Å². The first-order chi connectivity index (χ1) is 14.5. The van der Waals surface area contributed by atoms with Crippen LogP contribution in [0.15, 0.2) is 18.2 Å². The van der Waals surface area contributed by atoms with Crippen molar-refractivity contribution in [2.24, 2.45) is 11.3 Å². The minimum Gasteiger partial charge on any atom is -0.316 e. The van der Waals surface area contributed by atoms with Gasteiger partial charge in [-0.15, -0.1) is 0 Å². The molecule has 0 radical (unpaired) electrons. The zero-order chi connectivity index (χ0) is 20.9. The number of nitrogens with zero attached hydrogens (tertiary/aromatic N) is 1. The van der Waals surface area contributed by atoms with E-state index in [-0.39, 0.29) is 18.7 Å². The van der Waals surface area contributed by atoms with E-state index in [1.165, 1.54) is 12.8 Å². The van der Waals surface area contributed by atoms with E-state index >= 15 is 0 Å². The second kappa shape index (κ2) is 7.28. The molecule has 3 atom stereocenters. The average molecular weight is 410 g/mol. The highest BCUT2D eigenvalue weighted by molar-refractivity contribution is 6.23. The number of hydrogen-bond donors (Lipinski definition) is 3. The van der Waals surface area contributed by atoms with Crippen molar-refractivity contribution in [1.82, 2.24) is 20.9 Å². The molecule has 0 aromatic heterocycles. The molecule has 1 aliphatic carbocycles. The predicted octanol–water partition coefficient (Wildman–Crippen LogP) is 0.567. The summed E-state index contributed by atoms with van der Waals surface area (Å²) in [5.41, 5.74) is 2.06. The van der Waals surface area contributed by atoms with E-state index in [9.17, 15) is 19.2 Å². The van der Waals surface area contributed by atoms with E-state index in [1.54, 1.807) is 12.1 Å². The molecule has 1 aromatic rings. The highest BCUT2D eigenvalue weighted by atomic mass is 16.2. The Hall–Kier alpha value is -2.58. The van der Waals surface area contributed by atoms with Crippen molar-refractivity contribution >= 4 is 23.6 Å². The summed E-state index contributed by atoms with van der Waals surface area (Å²) in [5, 5.41) is 9.20. The molecule has 0 bridgehead atoms. The molecule has 2 saturated heterocycles. The van der Waals surface area contributed by atoms with E-state index in [1.807, 2.05) is 6.07 Å².